The van der Waals surface area contributed by atoms with Crippen molar-refractivity contribution in [2.24, 2.45) is 0 Å². The van der Waals surface area contributed by atoms with Crippen molar-refractivity contribution in [1.82, 2.24) is 9.21 Å². The van der Waals surface area contributed by atoms with E-state index in [-0.39, 0.29) is 18.5 Å². The maximum Gasteiger partial charge on any atom is 0.221 e. The van der Waals surface area contributed by atoms with Crippen molar-refractivity contribution in [2.75, 3.05) is 38.2 Å². The molecule has 0 radical (unpaired) electrons. The molecule has 34 heavy (non-hydrogen) atoms. The van der Waals surface area contributed by atoms with Gasteiger partial charge in [0.05, 0.1) is 7.11 Å². The summed E-state index contributed by atoms with van der Waals surface area (Å²) >= 11 is 0. The Kier molecular flexibility index (Phi) is 7.14. The van der Waals surface area contributed by atoms with Gasteiger partial charge in [-0.15, -0.1) is 0 Å². The maximum atomic E-state index is 15.1. The van der Waals surface area contributed by atoms with Gasteiger partial charge in [-0.2, -0.15) is 4.31 Å². The summed E-state index contributed by atoms with van der Waals surface area (Å²) in [5.74, 6) is 0.304. The lowest BCUT2D eigenvalue weighted by atomic mass is 10.0. The Bertz CT molecular complexity index is 1130. The molecule has 0 saturated carbocycles. The number of rotatable bonds is 5. The van der Waals surface area contributed by atoms with Gasteiger partial charge in [0.1, 0.15) is 16.8 Å². The molecular weight excluding hydrogens is 457 g/mol. The normalized spacial score (nSPS) is 23.1. The van der Waals surface area contributed by atoms with Crippen molar-refractivity contribution in [3.63, 3.8) is 0 Å². The molecule has 184 valence electrons. The van der Waals surface area contributed by atoms with E-state index in [0.29, 0.717) is 50.3 Å². The van der Waals surface area contributed by atoms with Gasteiger partial charge in [0.25, 0.3) is 0 Å². The van der Waals surface area contributed by atoms with Crippen LogP contribution in [0, 0.1) is 5.82 Å². The predicted molar refractivity (Wildman–Crippen MR) is 130 cm³/mol. The molecule has 2 saturated heterocycles. The molecule has 9 heteroatoms. The van der Waals surface area contributed by atoms with Gasteiger partial charge in [0.15, 0.2) is 0 Å². The summed E-state index contributed by atoms with van der Waals surface area (Å²) in [6.45, 7) is 5.92. The monoisotopic (exact) mass is 489 g/mol. The number of methoxy groups -OCH3 is 1. The third-order valence-electron chi connectivity index (χ3n) is 6.97. The Morgan fingerprint density at radius 2 is 1.74 bits per heavy atom. The first-order chi connectivity index (χ1) is 16.2. The lowest BCUT2D eigenvalue weighted by Gasteiger charge is -2.38. The molecule has 2 heterocycles. The minimum Gasteiger partial charge on any atom is -0.497 e. The first-order valence-electron chi connectivity index (χ1n) is 11.6. The van der Waals surface area contributed by atoms with E-state index in [9.17, 15) is 13.2 Å². The first-order valence-corrected chi connectivity index (χ1v) is 13.1. The Balaban J connectivity index is 1.51. The van der Waals surface area contributed by atoms with Crippen LogP contribution >= 0.6 is 0 Å². The van der Waals surface area contributed by atoms with Gasteiger partial charge < -0.3 is 14.5 Å². The van der Waals surface area contributed by atoms with Crippen LogP contribution in [0.15, 0.2) is 42.5 Å². The van der Waals surface area contributed by atoms with E-state index in [2.05, 4.69) is 0 Å². The van der Waals surface area contributed by atoms with E-state index in [1.807, 2.05) is 17.9 Å². The minimum atomic E-state index is -3.67. The van der Waals surface area contributed by atoms with Gasteiger partial charge in [0.2, 0.25) is 15.9 Å². The number of sulfonamides is 1. The first kappa shape index (κ1) is 24.5. The largest absolute Gasteiger partial charge is 0.497 e. The molecule has 2 atom stereocenters. The Morgan fingerprint density at radius 3 is 2.32 bits per heavy atom. The molecule has 4 rings (SSSR count). The molecule has 2 fully saturated rings. The summed E-state index contributed by atoms with van der Waals surface area (Å²) in [6, 6.07) is 11.9. The van der Waals surface area contributed by atoms with E-state index < -0.39 is 21.1 Å². The third kappa shape index (κ3) is 4.90. The molecule has 1 amide bonds. The Labute approximate surface area is 201 Å². The summed E-state index contributed by atoms with van der Waals surface area (Å²) in [6.07, 6.45) is 1.23. The van der Waals surface area contributed by atoms with Gasteiger partial charge >= 0.3 is 0 Å². The minimum absolute atomic E-state index is 0.000379. The fraction of sp³-hybridized carbons (Fsp3) is 0.480. The van der Waals surface area contributed by atoms with E-state index >= 15 is 4.39 Å². The highest BCUT2D eigenvalue weighted by Crippen LogP contribution is 2.39. The molecule has 2 aliphatic heterocycles. The molecule has 2 aliphatic rings. The topological polar surface area (TPSA) is 70.2 Å². The van der Waals surface area contributed by atoms with Crippen molar-refractivity contribution in [3.8, 4) is 5.75 Å². The summed E-state index contributed by atoms with van der Waals surface area (Å²) in [4.78, 5) is 15.4. The molecule has 0 unspecified atom stereocenters. The second kappa shape index (κ2) is 9.92. The lowest BCUT2D eigenvalue weighted by Crippen LogP contribution is -2.48. The number of nitrogens with zero attached hydrogens (tertiary/aromatic N) is 3. The zero-order chi connectivity index (χ0) is 24.5. The number of ether oxygens (including phenoxy) is 1. The lowest BCUT2D eigenvalue weighted by molar-refractivity contribution is -0.129. The third-order valence-corrected chi connectivity index (χ3v) is 9.33. The van der Waals surface area contributed by atoms with Crippen LogP contribution in [0.3, 0.4) is 0 Å². The summed E-state index contributed by atoms with van der Waals surface area (Å²) < 4.78 is 48.8. The summed E-state index contributed by atoms with van der Waals surface area (Å²) in [5, 5.41) is -0.658. The van der Waals surface area contributed by atoms with Gasteiger partial charge in [-0.05, 0) is 49.6 Å². The quantitative estimate of drug-likeness (QED) is 0.642. The van der Waals surface area contributed by atoms with E-state index in [0.717, 1.165) is 11.3 Å². The Hall–Kier alpha value is -2.65. The van der Waals surface area contributed by atoms with E-state index in [1.165, 1.54) is 10.4 Å². The van der Waals surface area contributed by atoms with E-state index in [4.69, 9.17) is 4.74 Å². The average Bonchev–Trinajstić information content (AvgIpc) is 2.82. The molecule has 0 aliphatic carbocycles. The van der Waals surface area contributed by atoms with Gasteiger partial charge in [-0.3, -0.25) is 4.79 Å². The number of hydrogen-bond acceptors (Lipinski definition) is 5. The summed E-state index contributed by atoms with van der Waals surface area (Å²) in [7, 11) is -2.10. The van der Waals surface area contributed by atoms with Crippen LogP contribution in [0.25, 0.3) is 0 Å². The standard InChI is InChI=1S/C25H32FN3O4S/c1-18-4-11-25(20-6-9-23(33-3)10-7-20)34(31,32)29(18)17-21-5-8-22(16-24(21)26)28-14-12-27(13-15-28)19(2)30/h5-10,16,18,25H,4,11-15,17H2,1-3H3/t18-,25+/m0/s1. The second-order valence-corrected chi connectivity index (χ2v) is 11.1. The number of anilines is 1. The molecule has 0 bridgehead atoms. The van der Waals surface area contributed by atoms with Gasteiger partial charge in [-0.1, -0.05) is 18.2 Å². The van der Waals surface area contributed by atoms with Crippen LogP contribution in [0.5, 0.6) is 5.75 Å². The second-order valence-electron chi connectivity index (χ2n) is 9.05. The summed E-state index contributed by atoms with van der Waals surface area (Å²) in [5.41, 5.74) is 1.82. The molecule has 0 N–H and O–H groups in total. The molecule has 2 aromatic carbocycles. The van der Waals surface area contributed by atoms with Crippen molar-refractivity contribution in [2.45, 2.75) is 44.5 Å². The molecular formula is C25H32FN3O4S. The van der Waals surface area contributed by atoms with Crippen molar-refractivity contribution in [1.29, 1.82) is 0 Å². The van der Waals surface area contributed by atoms with Gasteiger partial charge in [-0.25, -0.2) is 12.8 Å². The van der Waals surface area contributed by atoms with Crippen LogP contribution in [0.4, 0.5) is 10.1 Å². The SMILES string of the molecule is COc1ccc([C@H]2CC[C@H](C)N(Cc3ccc(N4CCN(C(C)=O)CC4)cc3F)S2(=O)=O)cc1. The van der Waals surface area contributed by atoms with Crippen LogP contribution in [-0.2, 0) is 21.4 Å². The zero-order valence-corrected chi connectivity index (χ0v) is 20.7. The average molecular weight is 490 g/mol. The fourth-order valence-electron chi connectivity index (χ4n) is 4.81. The highest BCUT2D eigenvalue weighted by Gasteiger charge is 2.40. The number of halogens is 1. The van der Waals surface area contributed by atoms with Crippen LogP contribution in [0.1, 0.15) is 43.1 Å². The smallest absolute Gasteiger partial charge is 0.221 e. The molecule has 7 nitrogen and oxygen atoms in total. The zero-order valence-electron chi connectivity index (χ0n) is 19.9. The van der Waals surface area contributed by atoms with Gasteiger partial charge in [0, 0.05) is 56.9 Å². The number of amides is 1. The maximum absolute atomic E-state index is 15.1. The number of carbonyl (C=O) groups is 1. The number of piperazine rings is 1. The van der Waals surface area contributed by atoms with E-state index in [1.54, 1.807) is 49.3 Å². The fourth-order valence-corrected chi connectivity index (χ4v) is 7.00. The molecule has 0 spiro atoms. The number of hydrogen-bond donors (Lipinski definition) is 0. The van der Waals surface area contributed by atoms with Crippen LogP contribution in [0.2, 0.25) is 0 Å². The number of benzene rings is 2. The predicted octanol–water partition coefficient (Wildman–Crippen LogP) is 3.56. The van der Waals surface area contributed by atoms with Crippen molar-refractivity contribution in [3.05, 3.63) is 59.4 Å². The molecule has 0 aromatic heterocycles. The van der Waals surface area contributed by atoms with Crippen LogP contribution < -0.4 is 9.64 Å². The highest BCUT2D eigenvalue weighted by atomic mass is 32.2. The van der Waals surface area contributed by atoms with Crippen LogP contribution in [-0.4, -0.2) is 62.9 Å². The molecule has 2 aromatic rings. The number of carbonyl (C=O) groups excluding carboxylic acids is 1. The highest BCUT2D eigenvalue weighted by molar-refractivity contribution is 7.89. The van der Waals surface area contributed by atoms with Crippen molar-refractivity contribution < 1.29 is 22.3 Å². The Morgan fingerprint density at radius 1 is 1.06 bits per heavy atom. The van der Waals surface area contributed by atoms with Crippen molar-refractivity contribution >= 4 is 21.6 Å².